The van der Waals surface area contributed by atoms with Crippen molar-refractivity contribution in [2.45, 2.75) is 31.7 Å². The Morgan fingerprint density at radius 2 is 1.56 bits per heavy atom. The molecule has 2 aromatic carbocycles. The van der Waals surface area contributed by atoms with E-state index >= 15 is 0 Å². The minimum Gasteiger partial charge on any atom is -0.497 e. The summed E-state index contributed by atoms with van der Waals surface area (Å²) in [6, 6.07) is 10.2. The molecule has 8 nitrogen and oxygen atoms in total. The monoisotopic (exact) mass is 461 g/mol. The normalized spacial score (nSPS) is 16.4. The molecule has 0 radical (unpaired) electrons. The molecule has 2 aromatic rings. The zero-order chi connectivity index (χ0) is 23.5. The number of ether oxygens (including phenoxy) is 2. The molecule has 1 saturated heterocycles. The number of sulfonamides is 1. The van der Waals surface area contributed by atoms with Crippen molar-refractivity contribution >= 4 is 21.6 Å². The van der Waals surface area contributed by atoms with Crippen LogP contribution in [-0.2, 0) is 14.8 Å². The minimum atomic E-state index is -3.57. The van der Waals surface area contributed by atoms with Crippen molar-refractivity contribution < 1.29 is 22.7 Å². The van der Waals surface area contributed by atoms with Crippen molar-refractivity contribution in [3.8, 4) is 11.5 Å². The molecule has 0 spiro atoms. The van der Waals surface area contributed by atoms with Crippen LogP contribution in [-0.4, -0.2) is 70.0 Å². The molecule has 3 rings (SSSR count). The highest BCUT2D eigenvalue weighted by molar-refractivity contribution is 7.89. The summed E-state index contributed by atoms with van der Waals surface area (Å²) >= 11 is 0. The number of aryl methyl sites for hydroxylation is 2. The van der Waals surface area contributed by atoms with E-state index in [0.29, 0.717) is 48.3 Å². The fourth-order valence-electron chi connectivity index (χ4n) is 3.75. The Bertz CT molecular complexity index is 1060. The van der Waals surface area contributed by atoms with Gasteiger partial charge in [-0.25, -0.2) is 8.42 Å². The summed E-state index contributed by atoms with van der Waals surface area (Å²) in [6.07, 6.45) is 0. The van der Waals surface area contributed by atoms with Crippen LogP contribution in [0.25, 0.3) is 0 Å². The third-order valence-corrected chi connectivity index (χ3v) is 7.82. The van der Waals surface area contributed by atoms with Crippen molar-refractivity contribution in [1.82, 2.24) is 9.21 Å². The molecule has 0 bridgehead atoms. The van der Waals surface area contributed by atoms with Crippen LogP contribution >= 0.6 is 0 Å². The van der Waals surface area contributed by atoms with Crippen molar-refractivity contribution in [3.05, 3.63) is 47.5 Å². The Morgan fingerprint density at radius 1 is 0.969 bits per heavy atom. The van der Waals surface area contributed by atoms with Crippen molar-refractivity contribution in [3.63, 3.8) is 0 Å². The van der Waals surface area contributed by atoms with Gasteiger partial charge in [0.05, 0.1) is 25.2 Å². The van der Waals surface area contributed by atoms with Crippen LogP contribution in [0.4, 0.5) is 5.69 Å². The van der Waals surface area contributed by atoms with Gasteiger partial charge in [-0.05, 0) is 38.0 Å². The zero-order valence-corrected chi connectivity index (χ0v) is 20.0. The second kappa shape index (κ2) is 9.89. The summed E-state index contributed by atoms with van der Waals surface area (Å²) < 4.78 is 38.3. The molecule has 1 N–H and O–H groups in total. The SMILES string of the molecule is COc1cc(NC(=O)[C@H](C)N2CCN(S(=O)(=O)c3cc(C)ccc3C)CC2)cc(OC)c1. The number of nitrogens with one attached hydrogen (secondary N) is 1. The Balaban J connectivity index is 1.64. The first-order valence-electron chi connectivity index (χ1n) is 10.5. The van der Waals surface area contributed by atoms with Crippen LogP contribution in [0.2, 0.25) is 0 Å². The maximum Gasteiger partial charge on any atom is 0.243 e. The van der Waals surface area contributed by atoms with Gasteiger partial charge in [0.2, 0.25) is 15.9 Å². The van der Waals surface area contributed by atoms with Crippen LogP contribution < -0.4 is 14.8 Å². The molecule has 1 fully saturated rings. The molecule has 32 heavy (non-hydrogen) atoms. The second-order valence-corrected chi connectivity index (χ2v) is 9.88. The smallest absolute Gasteiger partial charge is 0.243 e. The van der Waals surface area contributed by atoms with Gasteiger partial charge in [-0.3, -0.25) is 9.69 Å². The maximum absolute atomic E-state index is 13.1. The standard InChI is InChI=1S/C23H31N3O5S/c1-16-6-7-17(2)22(12-16)32(28,29)26-10-8-25(9-11-26)18(3)23(27)24-19-13-20(30-4)15-21(14-19)31-5/h6-7,12-15,18H,8-11H2,1-5H3,(H,24,27)/t18-/m0/s1. The second-order valence-electron chi connectivity index (χ2n) is 7.98. The van der Waals surface area contributed by atoms with Gasteiger partial charge in [-0.1, -0.05) is 12.1 Å². The van der Waals surface area contributed by atoms with Crippen molar-refractivity contribution in [2.24, 2.45) is 0 Å². The molecule has 0 aliphatic carbocycles. The van der Waals surface area contributed by atoms with E-state index in [4.69, 9.17) is 9.47 Å². The predicted molar refractivity (Wildman–Crippen MR) is 124 cm³/mol. The summed E-state index contributed by atoms with van der Waals surface area (Å²) in [7, 11) is -0.469. The maximum atomic E-state index is 13.1. The summed E-state index contributed by atoms with van der Waals surface area (Å²) in [5.74, 6) is 0.987. The summed E-state index contributed by atoms with van der Waals surface area (Å²) in [6.45, 7) is 7.12. The number of benzene rings is 2. The van der Waals surface area contributed by atoms with Crippen LogP contribution in [0.15, 0.2) is 41.3 Å². The van der Waals surface area contributed by atoms with E-state index in [1.54, 1.807) is 38.5 Å². The molecule has 1 amide bonds. The number of amides is 1. The number of hydrogen-bond donors (Lipinski definition) is 1. The topological polar surface area (TPSA) is 88.2 Å². The number of rotatable bonds is 7. The fraction of sp³-hybridized carbons (Fsp3) is 0.435. The molecule has 0 saturated carbocycles. The highest BCUT2D eigenvalue weighted by Crippen LogP contribution is 2.26. The quantitative estimate of drug-likeness (QED) is 0.682. The number of hydrogen-bond acceptors (Lipinski definition) is 6. The highest BCUT2D eigenvalue weighted by atomic mass is 32.2. The first-order valence-corrected chi connectivity index (χ1v) is 11.9. The molecule has 1 aliphatic heterocycles. The number of nitrogens with zero attached hydrogens (tertiary/aromatic N) is 2. The van der Waals surface area contributed by atoms with Gasteiger partial charge in [-0.2, -0.15) is 4.31 Å². The molecule has 1 aliphatic rings. The summed E-state index contributed by atoms with van der Waals surface area (Å²) in [5.41, 5.74) is 2.22. The summed E-state index contributed by atoms with van der Waals surface area (Å²) in [5, 5.41) is 2.90. The number of carbonyl (C=O) groups excluding carboxylic acids is 1. The first-order chi connectivity index (χ1) is 15.1. The molecule has 174 valence electrons. The minimum absolute atomic E-state index is 0.175. The average molecular weight is 462 g/mol. The van der Waals surface area contributed by atoms with Crippen LogP contribution in [0.1, 0.15) is 18.1 Å². The van der Waals surface area contributed by atoms with E-state index in [1.165, 1.54) is 4.31 Å². The Kier molecular flexibility index (Phi) is 7.43. The van der Waals surface area contributed by atoms with E-state index in [1.807, 2.05) is 37.8 Å². The fourth-order valence-corrected chi connectivity index (χ4v) is 5.48. The number of methoxy groups -OCH3 is 2. The third-order valence-electron chi connectivity index (χ3n) is 5.78. The Morgan fingerprint density at radius 3 is 2.12 bits per heavy atom. The van der Waals surface area contributed by atoms with Crippen molar-refractivity contribution in [2.75, 3.05) is 45.7 Å². The van der Waals surface area contributed by atoms with E-state index < -0.39 is 16.1 Å². The third kappa shape index (κ3) is 5.23. The first kappa shape index (κ1) is 24.0. The largest absolute Gasteiger partial charge is 0.497 e. The Labute approximate surface area is 190 Å². The van der Waals surface area contributed by atoms with Gasteiger partial charge in [-0.15, -0.1) is 0 Å². The molecule has 0 unspecified atom stereocenters. The highest BCUT2D eigenvalue weighted by Gasteiger charge is 2.32. The van der Waals surface area contributed by atoms with E-state index in [9.17, 15) is 13.2 Å². The lowest BCUT2D eigenvalue weighted by Crippen LogP contribution is -2.54. The number of carbonyl (C=O) groups is 1. The summed E-state index contributed by atoms with van der Waals surface area (Å²) in [4.78, 5) is 15.2. The van der Waals surface area contributed by atoms with Crippen LogP contribution in [0.5, 0.6) is 11.5 Å². The molecular formula is C23H31N3O5S. The van der Waals surface area contributed by atoms with E-state index in [0.717, 1.165) is 11.1 Å². The molecule has 0 aromatic heterocycles. The van der Waals surface area contributed by atoms with Gasteiger partial charge in [0.25, 0.3) is 0 Å². The lowest BCUT2D eigenvalue weighted by molar-refractivity contribution is -0.121. The van der Waals surface area contributed by atoms with Gasteiger partial charge in [0.15, 0.2) is 0 Å². The lowest BCUT2D eigenvalue weighted by Gasteiger charge is -2.37. The predicted octanol–water partition coefficient (Wildman–Crippen LogP) is 2.65. The van der Waals surface area contributed by atoms with Crippen LogP contribution in [0.3, 0.4) is 0 Å². The molecule has 9 heteroatoms. The number of anilines is 1. The molecule has 1 atom stereocenters. The molecule has 1 heterocycles. The van der Waals surface area contributed by atoms with Crippen LogP contribution in [0, 0.1) is 13.8 Å². The average Bonchev–Trinajstić information content (AvgIpc) is 2.79. The van der Waals surface area contributed by atoms with E-state index in [-0.39, 0.29) is 5.91 Å². The Hall–Kier alpha value is -2.62. The van der Waals surface area contributed by atoms with E-state index in [2.05, 4.69) is 5.32 Å². The van der Waals surface area contributed by atoms with Gasteiger partial charge < -0.3 is 14.8 Å². The van der Waals surface area contributed by atoms with Gasteiger partial charge in [0.1, 0.15) is 11.5 Å². The van der Waals surface area contributed by atoms with Crippen molar-refractivity contribution in [1.29, 1.82) is 0 Å². The zero-order valence-electron chi connectivity index (χ0n) is 19.2. The number of piperazine rings is 1. The lowest BCUT2D eigenvalue weighted by atomic mass is 10.2. The van der Waals surface area contributed by atoms with Gasteiger partial charge >= 0.3 is 0 Å². The molecular weight excluding hydrogens is 430 g/mol. The van der Waals surface area contributed by atoms with Gasteiger partial charge in [0, 0.05) is 50.1 Å².